The molecule has 3 rings (SSSR count). The monoisotopic (exact) mass is 414 g/mol. The summed E-state index contributed by atoms with van der Waals surface area (Å²) in [6.45, 7) is 4.56. The van der Waals surface area contributed by atoms with Gasteiger partial charge in [0.15, 0.2) is 0 Å². The van der Waals surface area contributed by atoms with Crippen LogP contribution in [-0.4, -0.2) is 37.0 Å². The van der Waals surface area contributed by atoms with Gasteiger partial charge in [-0.1, -0.05) is 56.3 Å². The molecule has 8 heteroatoms. The molecule has 1 N–H and O–H groups in total. The number of nitrogens with one attached hydrogen (secondary N) is 1. The van der Waals surface area contributed by atoms with Gasteiger partial charge in [-0.15, -0.1) is 11.3 Å². The molecule has 3 aromatic rings. The zero-order chi connectivity index (χ0) is 20.0. The van der Waals surface area contributed by atoms with Gasteiger partial charge in [0.25, 0.3) is 0 Å². The molecule has 0 aliphatic carbocycles. The average molecular weight is 415 g/mol. The normalized spacial score (nSPS) is 12.0. The summed E-state index contributed by atoms with van der Waals surface area (Å²) in [4.78, 5) is 4.80. The third kappa shape index (κ3) is 4.64. The number of hydrazone groups is 1. The summed E-state index contributed by atoms with van der Waals surface area (Å²) in [5, 5.41) is 6.77. The minimum Gasteiger partial charge on any atom is -0.253 e. The fraction of sp³-hybridized carbons (Fsp3) is 0.200. The van der Waals surface area contributed by atoms with Crippen LogP contribution < -0.4 is 5.43 Å². The zero-order valence-electron chi connectivity index (χ0n) is 15.7. The summed E-state index contributed by atoms with van der Waals surface area (Å²) >= 11 is 1.44. The second kappa shape index (κ2) is 9.09. The van der Waals surface area contributed by atoms with E-state index >= 15 is 0 Å². The highest BCUT2D eigenvalue weighted by Crippen LogP contribution is 2.26. The molecule has 0 unspecified atom stereocenters. The first kappa shape index (κ1) is 20.2. The molecule has 28 heavy (non-hydrogen) atoms. The highest BCUT2D eigenvalue weighted by Gasteiger charge is 2.21. The minimum absolute atomic E-state index is 0.293. The van der Waals surface area contributed by atoms with Crippen molar-refractivity contribution < 1.29 is 8.42 Å². The van der Waals surface area contributed by atoms with Crippen molar-refractivity contribution in [2.75, 3.05) is 18.5 Å². The van der Waals surface area contributed by atoms with Gasteiger partial charge in [0.05, 0.1) is 16.8 Å². The lowest BCUT2D eigenvalue weighted by Gasteiger charge is -2.18. The van der Waals surface area contributed by atoms with E-state index in [0.29, 0.717) is 23.1 Å². The Kier molecular flexibility index (Phi) is 6.56. The number of anilines is 1. The van der Waals surface area contributed by atoms with Crippen molar-refractivity contribution in [1.29, 1.82) is 0 Å². The molecule has 146 valence electrons. The first-order valence-electron chi connectivity index (χ1n) is 8.94. The Morgan fingerprint density at radius 1 is 1.07 bits per heavy atom. The maximum absolute atomic E-state index is 12.6. The molecule has 0 radical (unpaired) electrons. The van der Waals surface area contributed by atoms with E-state index in [9.17, 15) is 8.42 Å². The zero-order valence-corrected chi connectivity index (χ0v) is 17.4. The summed E-state index contributed by atoms with van der Waals surface area (Å²) in [6.07, 6.45) is 1.73. The molecule has 0 saturated carbocycles. The first-order chi connectivity index (χ1) is 13.5. The average Bonchev–Trinajstić information content (AvgIpc) is 3.18. The van der Waals surface area contributed by atoms with Crippen molar-refractivity contribution >= 4 is 32.7 Å². The Morgan fingerprint density at radius 2 is 1.75 bits per heavy atom. The number of benzene rings is 2. The minimum atomic E-state index is -3.45. The first-order valence-corrected chi connectivity index (χ1v) is 11.3. The summed E-state index contributed by atoms with van der Waals surface area (Å²) in [5.41, 5.74) is 5.55. The van der Waals surface area contributed by atoms with E-state index in [-0.39, 0.29) is 0 Å². The van der Waals surface area contributed by atoms with Crippen LogP contribution in [0.2, 0.25) is 0 Å². The van der Waals surface area contributed by atoms with E-state index in [4.69, 9.17) is 0 Å². The van der Waals surface area contributed by atoms with Crippen molar-refractivity contribution in [3.63, 3.8) is 0 Å². The van der Waals surface area contributed by atoms with Crippen molar-refractivity contribution in [1.82, 2.24) is 9.29 Å². The topological polar surface area (TPSA) is 74.7 Å². The Bertz CT molecular complexity index is 1030. The number of hydrogen-bond donors (Lipinski definition) is 1. The van der Waals surface area contributed by atoms with E-state index in [1.807, 2.05) is 49.6 Å². The van der Waals surface area contributed by atoms with Gasteiger partial charge in [0, 0.05) is 24.0 Å². The number of sulfonamides is 1. The predicted molar refractivity (Wildman–Crippen MR) is 115 cm³/mol. The van der Waals surface area contributed by atoms with Gasteiger partial charge in [-0.25, -0.2) is 13.4 Å². The van der Waals surface area contributed by atoms with E-state index < -0.39 is 10.0 Å². The maximum atomic E-state index is 12.6. The molecular formula is C20H22N4O2S2. The molecule has 1 heterocycles. The summed E-state index contributed by atoms with van der Waals surface area (Å²) in [6, 6.07) is 16.6. The van der Waals surface area contributed by atoms with Gasteiger partial charge < -0.3 is 0 Å². The fourth-order valence-corrected chi connectivity index (χ4v) is 4.80. The molecule has 6 nitrogen and oxygen atoms in total. The highest BCUT2D eigenvalue weighted by atomic mass is 32.2. The quantitative estimate of drug-likeness (QED) is 0.441. The second-order valence-electron chi connectivity index (χ2n) is 5.93. The molecule has 0 atom stereocenters. The third-order valence-electron chi connectivity index (χ3n) is 4.17. The number of thiazole rings is 1. The van der Waals surface area contributed by atoms with Crippen molar-refractivity contribution in [2.45, 2.75) is 18.7 Å². The summed E-state index contributed by atoms with van der Waals surface area (Å²) in [5.74, 6) is 0. The standard InChI is InChI=1S/C20H22N4O2S2/c1-3-24(4-2)28(25,26)18-12-10-17(11-13-18)19-15-27-20(22-19)23-21-14-16-8-6-5-7-9-16/h5-15H,3-4H2,1-2H3,(H,22,23)/b21-14+. The predicted octanol–water partition coefficient (Wildman–Crippen LogP) is 4.29. The second-order valence-corrected chi connectivity index (χ2v) is 8.73. The number of rotatable bonds is 8. The van der Waals surface area contributed by atoms with Gasteiger partial charge in [0.1, 0.15) is 0 Å². The van der Waals surface area contributed by atoms with Crippen molar-refractivity contribution in [3.05, 3.63) is 65.5 Å². The van der Waals surface area contributed by atoms with Gasteiger partial charge in [-0.05, 0) is 17.7 Å². The molecule has 0 aliphatic heterocycles. The third-order valence-corrected chi connectivity index (χ3v) is 6.98. The van der Waals surface area contributed by atoms with E-state index in [1.54, 1.807) is 30.5 Å². The van der Waals surface area contributed by atoms with Crippen LogP contribution in [0.1, 0.15) is 19.4 Å². The van der Waals surface area contributed by atoms with Gasteiger partial charge in [0.2, 0.25) is 15.2 Å². The number of aromatic nitrogens is 1. The maximum Gasteiger partial charge on any atom is 0.243 e. The summed E-state index contributed by atoms with van der Waals surface area (Å²) < 4.78 is 26.6. The molecule has 2 aromatic carbocycles. The molecule has 0 fully saturated rings. The van der Waals surface area contributed by atoms with Crippen LogP contribution in [0, 0.1) is 0 Å². The molecule has 0 saturated heterocycles. The molecule has 0 aliphatic rings. The van der Waals surface area contributed by atoms with Crippen LogP contribution in [-0.2, 0) is 10.0 Å². The lowest BCUT2D eigenvalue weighted by Crippen LogP contribution is -2.30. The van der Waals surface area contributed by atoms with E-state index in [0.717, 1.165) is 16.8 Å². The molecule has 0 amide bonds. The van der Waals surface area contributed by atoms with Crippen molar-refractivity contribution in [3.8, 4) is 11.3 Å². The van der Waals surface area contributed by atoms with Crippen LogP contribution in [0.5, 0.6) is 0 Å². The lowest BCUT2D eigenvalue weighted by atomic mass is 10.2. The van der Waals surface area contributed by atoms with Crippen LogP contribution in [0.3, 0.4) is 0 Å². The van der Waals surface area contributed by atoms with Gasteiger partial charge >= 0.3 is 0 Å². The van der Waals surface area contributed by atoms with Gasteiger partial charge in [-0.3, -0.25) is 5.43 Å². The number of nitrogens with zero attached hydrogens (tertiary/aromatic N) is 3. The Balaban J connectivity index is 1.71. The molecule has 0 spiro atoms. The van der Waals surface area contributed by atoms with Crippen molar-refractivity contribution in [2.24, 2.45) is 5.10 Å². The smallest absolute Gasteiger partial charge is 0.243 e. The van der Waals surface area contributed by atoms with Crippen LogP contribution >= 0.6 is 11.3 Å². The largest absolute Gasteiger partial charge is 0.253 e. The van der Waals surface area contributed by atoms with Crippen LogP contribution in [0.4, 0.5) is 5.13 Å². The highest BCUT2D eigenvalue weighted by molar-refractivity contribution is 7.89. The van der Waals surface area contributed by atoms with Crippen LogP contribution in [0.25, 0.3) is 11.3 Å². The summed E-state index contributed by atoms with van der Waals surface area (Å²) in [7, 11) is -3.45. The fourth-order valence-electron chi connectivity index (χ4n) is 2.67. The van der Waals surface area contributed by atoms with Crippen LogP contribution in [0.15, 0.2) is 70.0 Å². The molecule has 0 bridgehead atoms. The van der Waals surface area contributed by atoms with Gasteiger partial charge in [-0.2, -0.15) is 9.41 Å². The Hall–Kier alpha value is -2.55. The van der Waals surface area contributed by atoms with E-state index in [2.05, 4.69) is 15.5 Å². The lowest BCUT2D eigenvalue weighted by molar-refractivity contribution is 0.445. The Morgan fingerprint density at radius 3 is 2.39 bits per heavy atom. The SMILES string of the molecule is CCN(CC)S(=O)(=O)c1ccc(-c2csc(N/N=C/c3ccccc3)n2)cc1. The number of hydrogen-bond acceptors (Lipinski definition) is 6. The molecular weight excluding hydrogens is 392 g/mol. The molecule has 1 aromatic heterocycles. The Labute approximate surface area is 169 Å². The van der Waals surface area contributed by atoms with E-state index in [1.165, 1.54) is 15.6 Å².